The molecule has 3 aromatic heterocycles. The molecular weight excluding hydrogens is 246 g/mol. The van der Waals surface area contributed by atoms with Crippen LogP contribution in [-0.4, -0.2) is 19.7 Å². The summed E-state index contributed by atoms with van der Waals surface area (Å²) in [6.07, 6.45) is 3.14. The van der Waals surface area contributed by atoms with E-state index in [1.54, 1.807) is 22.2 Å². The number of nitrogens with two attached hydrogens (primary N) is 1. The van der Waals surface area contributed by atoms with Gasteiger partial charge in [-0.3, -0.25) is 0 Å². The van der Waals surface area contributed by atoms with E-state index in [1.165, 1.54) is 6.33 Å². The highest BCUT2D eigenvalue weighted by atomic mass is 35.5. The Labute approximate surface area is 99.5 Å². The van der Waals surface area contributed by atoms with Crippen LogP contribution in [0, 0.1) is 0 Å². The lowest BCUT2D eigenvalue weighted by Crippen LogP contribution is -1.99. The van der Waals surface area contributed by atoms with Gasteiger partial charge in [-0.15, -0.1) is 16.4 Å². The van der Waals surface area contributed by atoms with Crippen LogP contribution in [-0.2, 0) is 0 Å². The van der Waals surface area contributed by atoms with E-state index in [0.717, 1.165) is 10.2 Å². The van der Waals surface area contributed by atoms with E-state index >= 15 is 0 Å². The van der Waals surface area contributed by atoms with Crippen molar-refractivity contribution in [1.29, 1.82) is 0 Å². The number of rotatable bonds is 1. The van der Waals surface area contributed by atoms with Crippen molar-refractivity contribution in [1.82, 2.24) is 19.7 Å². The Morgan fingerprint density at radius 1 is 1.38 bits per heavy atom. The quantitative estimate of drug-likeness (QED) is 0.719. The standard InChI is InChI=1S/C9H6ClN5S/c10-6-3-15(14-7(6)11)8-5-1-2-16-9(5)13-4-12-8/h1-4H,(H2,11,14). The van der Waals surface area contributed by atoms with Crippen LogP contribution < -0.4 is 5.73 Å². The van der Waals surface area contributed by atoms with Gasteiger partial charge in [-0.2, -0.15) is 0 Å². The molecule has 0 saturated carbocycles. The minimum atomic E-state index is 0.295. The van der Waals surface area contributed by atoms with Gasteiger partial charge in [-0.1, -0.05) is 11.6 Å². The number of aromatic nitrogens is 4. The predicted molar refractivity (Wildman–Crippen MR) is 64.0 cm³/mol. The zero-order valence-electron chi connectivity index (χ0n) is 7.96. The zero-order valence-corrected chi connectivity index (χ0v) is 9.53. The Hall–Kier alpha value is -1.66. The first kappa shape index (κ1) is 9.56. The summed E-state index contributed by atoms with van der Waals surface area (Å²) in [5.41, 5.74) is 5.59. The first-order valence-corrected chi connectivity index (χ1v) is 5.70. The molecule has 0 aromatic carbocycles. The normalized spacial score (nSPS) is 11.1. The van der Waals surface area contributed by atoms with Crippen LogP contribution in [0.15, 0.2) is 24.0 Å². The molecule has 7 heteroatoms. The predicted octanol–water partition coefficient (Wildman–Crippen LogP) is 2.11. The molecule has 16 heavy (non-hydrogen) atoms. The molecule has 3 rings (SSSR count). The molecule has 3 aromatic rings. The van der Waals surface area contributed by atoms with Gasteiger partial charge in [0.15, 0.2) is 11.6 Å². The van der Waals surface area contributed by atoms with E-state index in [4.69, 9.17) is 17.3 Å². The molecule has 0 saturated heterocycles. The Morgan fingerprint density at radius 3 is 3.00 bits per heavy atom. The number of nitrogens with zero attached hydrogens (tertiary/aromatic N) is 4. The summed E-state index contributed by atoms with van der Waals surface area (Å²) in [5.74, 6) is 0.980. The summed E-state index contributed by atoms with van der Waals surface area (Å²) >= 11 is 7.41. The van der Waals surface area contributed by atoms with Crippen molar-refractivity contribution < 1.29 is 0 Å². The maximum Gasteiger partial charge on any atom is 0.165 e. The van der Waals surface area contributed by atoms with E-state index < -0.39 is 0 Å². The van der Waals surface area contributed by atoms with Crippen molar-refractivity contribution in [3.05, 3.63) is 29.0 Å². The first-order valence-electron chi connectivity index (χ1n) is 4.45. The van der Waals surface area contributed by atoms with Gasteiger partial charge >= 0.3 is 0 Å². The Morgan fingerprint density at radius 2 is 2.25 bits per heavy atom. The van der Waals surface area contributed by atoms with Crippen LogP contribution in [0.4, 0.5) is 5.82 Å². The monoisotopic (exact) mass is 251 g/mol. The van der Waals surface area contributed by atoms with Crippen molar-refractivity contribution >= 4 is 39.0 Å². The fourth-order valence-electron chi connectivity index (χ4n) is 1.43. The molecule has 0 aliphatic carbocycles. The van der Waals surface area contributed by atoms with Crippen molar-refractivity contribution in [2.24, 2.45) is 0 Å². The van der Waals surface area contributed by atoms with E-state index in [1.807, 2.05) is 11.4 Å². The maximum atomic E-state index is 5.86. The molecule has 0 spiro atoms. The molecule has 0 aliphatic heterocycles. The molecule has 3 heterocycles. The third kappa shape index (κ3) is 1.35. The van der Waals surface area contributed by atoms with Gasteiger partial charge in [0.25, 0.3) is 0 Å². The lowest BCUT2D eigenvalue weighted by atomic mass is 10.4. The minimum absolute atomic E-state index is 0.295. The molecule has 0 atom stereocenters. The Balaban J connectivity index is 2.29. The second-order valence-electron chi connectivity index (χ2n) is 3.14. The number of fused-ring (bicyclic) bond motifs is 1. The number of nitrogen functional groups attached to an aromatic ring is 1. The first-order chi connectivity index (χ1) is 7.75. The van der Waals surface area contributed by atoms with Gasteiger partial charge in [0.2, 0.25) is 0 Å². The SMILES string of the molecule is Nc1nn(-c2ncnc3sccc23)cc1Cl. The average Bonchev–Trinajstić information content (AvgIpc) is 2.85. The smallest absolute Gasteiger partial charge is 0.165 e. The van der Waals surface area contributed by atoms with E-state index in [0.29, 0.717) is 16.7 Å². The highest BCUT2D eigenvalue weighted by molar-refractivity contribution is 7.16. The molecule has 0 unspecified atom stereocenters. The summed E-state index contributed by atoms with van der Waals surface area (Å²) < 4.78 is 1.56. The Bertz CT molecular complexity index is 639. The summed E-state index contributed by atoms with van der Waals surface area (Å²) in [6, 6.07) is 1.95. The summed E-state index contributed by atoms with van der Waals surface area (Å²) in [7, 11) is 0. The second kappa shape index (κ2) is 3.43. The van der Waals surface area contributed by atoms with Crippen LogP contribution in [0.2, 0.25) is 5.02 Å². The highest BCUT2D eigenvalue weighted by Crippen LogP contribution is 2.25. The van der Waals surface area contributed by atoms with Crippen molar-refractivity contribution in [3.8, 4) is 5.82 Å². The zero-order chi connectivity index (χ0) is 11.1. The van der Waals surface area contributed by atoms with E-state index in [-0.39, 0.29) is 0 Å². The number of halogens is 1. The van der Waals surface area contributed by atoms with Crippen LogP contribution in [0.3, 0.4) is 0 Å². The average molecular weight is 252 g/mol. The third-order valence-corrected chi connectivity index (χ3v) is 3.27. The van der Waals surface area contributed by atoms with Crippen molar-refractivity contribution in [2.45, 2.75) is 0 Å². The molecule has 80 valence electrons. The minimum Gasteiger partial charge on any atom is -0.381 e. The lowest BCUT2D eigenvalue weighted by Gasteiger charge is -2.00. The summed E-state index contributed by atoms with van der Waals surface area (Å²) in [4.78, 5) is 9.26. The van der Waals surface area contributed by atoms with Crippen LogP contribution >= 0.6 is 22.9 Å². The molecule has 5 nitrogen and oxygen atoms in total. The van der Waals surface area contributed by atoms with Gasteiger partial charge in [-0.05, 0) is 11.4 Å². The summed E-state index contributed by atoms with van der Waals surface area (Å²) in [5, 5.41) is 7.40. The fourth-order valence-corrected chi connectivity index (χ4v) is 2.29. The Kier molecular flexibility index (Phi) is 2.05. The molecule has 0 aliphatic rings. The van der Waals surface area contributed by atoms with Gasteiger partial charge in [-0.25, -0.2) is 14.6 Å². The molecule has 2 N–H and O–H groups in total. The van der Waals surface area contributed by atoms with E-state index in [9.17, 15) is 0 Å². The molecule has 0 radical (unpaired) electrons. The maximum absolute atomic E-state index is 5.86. The highest BCUT2D eigenvalue weighted by Gasteiger charge is 2.10. The van der Waals surface area contributed by atoms with Crippen LogP contribution in [0.1, 0.15) is 0 Å². The number of thiophene rings is 1. The van der Waals surface area contributed by atoms with Gasteiger partial charge in [0, 0.05) is 0 Å². The van der Waals surface area contributed by atoms with E-state index in [2.05, 4.69) is 15.1 Å². The lowest BCUT2D eigenvalue weighted by molar-refractivity contribution is 0.856. The van der Waals surface area contributed by atoms with Crippen LogP contribution in [0.5, 0.6) is 0 Å². The largest absolute Gasteiger partial charge is 0.381 e. The summed E-state index contributed by atoms with van der Waals surface area (Å²) in [6.45, 7) is 0. The van der Waals surface area contributed by atoms with Gasteiger partial charge in [0.1, 0.15) is 16.2 Å². The van der Waals surface area contributed by atoms with Crippen molar-refractivity contribution in [2.75, 3.05) is 5.73 Å². The van der Waals surface area contributed by atoms with Crippen LogP contribution in [0.25, 0.3) is 16.0 Å². The number of hydrogen-bond acceptors (Lipinski definition) is 5. The molecular formula is C9H6ClN5S. The molecule has 0 bridgehead atoms. The number of hydrogen-bond donors (Lipinski definition) is 1. The molecule has 0 amide bonds. The second-order valence-corrected chi connectivity index (χ2v) is 4.45. The molecule has 0 fully saturated rings. The number of anilines is 1. The topological polar surface area (TPSA) is 69.6 Å². The van der Waals surface area contributed by atoms with Crippen molar-refractivity contribution in [3.63, 3.8) is 0 Å². The third-order valence-electron chi connectivity index (χ3n) is 2.15. The van der Waals surface area contributed by atoms with Gasteiger partial charge < -0.3 is 5.73 Å². The van der Waals surface area contributed by atoms with Gasteiger partial charge in [0.05, 0.1) is 11.6 Å². The fraction of sp³-hybridized carbons (Fsp3) is 0.